The molecular formula is C14H19Cl2NO4S. The fourth-order valence-corrected chi connectivity index (χ4v) is 4.95. The highest BCUT2D eigenvalue weighted by Crippen LogP contribution is 2.36. The Morgan fingerprint density at radius 2 is 1.86 bits per heavy atom. The number of aliphatic hydroxyl groups is 1. The first-order valence-corrected chi connectivity index (χ1v) is 9.17. The summed E-state index contributed by atoms with van der Waals surface area (Å²) in [6.45, 7) is 0. The summed E-state index contributed by atoms with van der Waals surface area (Å²) < 4.78 is 31.8. The van der Waals surface area contributed by atoms with E-state index in [0.717, 1.165) is 12.8 Å². The van der Waals surface area contributed by atoms with Crippen LogP contribution >= 0.6 is 23.2 Å². The van der Waals surface area contributed by atoms with Gasteiger partial charge in [0.25, 0.3) is 0 Å². The second kappa shape index (κ2) is 6.93. The number of benzene rings is 1. The van der Waals surface area contributed by atoms with E-state index in [2.05, 4.69) is 0 Å². The zero-order valence-electron chi connectivity index (χ0n) is 12.4. The lowest BCUT2D eigenvalue weighted by Gasteiger charge is -2.34. The van der Waals surface area contributed by atoms with Crippen molar-refractivity contribution in [2.24, 2.45) is 0 Å². The second-order valence-corrected chi connectivity index (χ2v) is 8.14. The van der Waals surface area contributed by atoms with Gasteiger partial charge in [-0.1, -0.05) is 36.0 Å². The van der Waals surface area contributed by atoms with Gasteiger partial charge >= 0.3 is 0 Å². The van der Waals surface area contributed by atoms with Gasteiger partial charge in [0.15, 0.2) is 0 Å². The molecule has 1 saturated carbocycles. The minimum absolute atomic E-state index is 0.0402. The quantitative estimate of drug-likeness (QED) is 0.888. The molecule has 0 spiro atoms. The summed E-state index contributed by atoms with van der Waals surface area (Å²) in [7, 11) is -0.960. The molecule has 1 fully saturated rings. The highest BCUT2D eigenvalue weighted by atomic mass is 35.5. The number of nitrogens with zero attached hydrogens (tertiary/aromatic N) is 1. The lowest BCUT2D eigenvalue weighted by molar-refractivity contribution is 0.0638. The number of likely N-dealkylation sites (N-methyl/N-ethyl adjacent to an activating group) is 1. The maximum atomic E-state index is 12.8. The van der Waals surface area contributed by atoms with Crippen LogP contribution in [0.25, 0.3) is 0 Å². The van der Waals surface area contributed by atoms with Crippen molar-refractivity contribution < 1.29 is 18.3 Å². The summed E-state index contributed by atoms with van der Waals surface area (Å²) in [6, 6.07) is 2.21. The van der Waals surface area contributed by atoms with Crippen molar-refractivity contribution in [3.05, 3.63) is 22.2 Å². The van der Waals surface area contributed by atoms with E-state index in [1.54, 1.807) is 0 Å². The van der Waals surface area contributed by atoms with Gasteiger partial charge in [-0.2, -0.15) is 4.31 Å². The van der Waals surface area contributed by atoms with E-state index in [1.807, 2.05) is 0 Å². The standard InChI is InChI=1S/C14H19Cl2NO4S/c1-17(11-5-3-4-6-12(11)18)22(19,20)14-8-9(15)13(21-2)7-10(14)16/h7-8,11-12,18H,3-6H2,1-2H3/t11-,12+/m1/s1. The molecule has 1 aromatic rings. The maximum absolute atomic E-state index is 12.8. The van der Waals surface area contributed by atoms with Gasteiger partial charge in [0.2, 0.25) is 10.0 Å². The van der Waals surface area contributed by atoms with Gasteiger partial charge in [-0.3, -0.25) is 0 Å². The highest BCUT2D eigenvalue weighted by molar-refractivity contribution is 7.89. The number of halogens is 2. The van der Waals surface area contributed by atoms with E-state index < -0.39 is 22.2 Å². The Balaban J connectivity index is 2.39. The Morgan fingerprint density at radius 3 is 2.45 bits per heavy atom. The Morgan fingerprint density at radius 1 is 1.23 bits per heavy atom. The summed E-state index contributed by atoms with van der Waals surface area (Å²) in [5, 5.41) is 10.3. The molecule has 5 nitrogen and oxygen atoms in total. The van der Waals surface area contributed by atoms with E-state index in [4.69, 9.17) is 27.9 Å². The van der Waals surface area contributed by atoms with Crippen LogP contribution in [-0.2, 0) is 10.0 Å². The Hall–Kier alpha value is -0.530. The molecule has 1 aliphatic rings. The summed E-state index contributed by atoms with van der Waals surface area (Å²) in [4.78, 5) is -0.0831. The molecule has 1 aliphatic carbocycles. The SMILES string of the molecule is COc1cc(Cl)c(S(=O)(=O)N(C)[C@@H]2CCCC[C@@H]2O)cc1Cl. The van der Waals surface area contributed by atoms with Crippen molar-refractivity contribution in [3.63, 3.8) is 0 Å². The van der Waals surface area contributed by atoms with E-state index in [-0.39, 0.29) is 14.9 Å². The summed E-state index contributed by atoms with van der Waals surface area (Å²) in [5.74, 6) is 0.311. The predicted octanol–water partition coefficient (Wildman–Crippen LogP) is 2.93. The van der Waals surface area contributed by atoms with Gasteiger partial charge in [-0.15, -0.1) is 0 Å². The van der Waals surface area contributed by atoms with Crippen molar-refractivity contribution in [1.82, 2.24) is 4.31 Å². The zero-order chi connectivity index (χ0) is 16.5. The van der Waals surface area contributed by atoms with Gasteiger partial charge < -0.3 is 9.84 Å². The molecule has 0 aliphatic heterocycles. The molecular weight excluding hydrogens is 349 g/mol. The topological polar surface area (TPSA) is 66.8 Å². The summed E-state index contributed by atoms with van der Waals surface area (Å²) >= 11 is 12.1. The molecule has 0 bridgehead atoms. The molecule has 22 heavy (non-hydrogen) atoms. The Labute approximate surface area is 140 Å². The van der Waals surface area contributed by atoms with Crippen molar-refractivity contribution in [1.29, 1.82) is 0 Å². The van der Waals surface area contributed by atoms with Gasteiger partial charge in [-0.25, -0.2) is 8.42 Å². The molecule has 1 N–H and O–H groups in total. The molecule has 0 amide bonds. The lowest BCUT2D eigenvalue weighted by Crippen LogP contribution is -2.46. The third kappa shape index (κ3) is 3.36. The van der Waals surface area contributed by atoms with Crippen LogP contribution in [0.5, 0.6) is 5.75 Å². The number of ether oxygens (including phenoxy) is 1. The minimum atomic E-state index is -3.85. The molecule has 8 heteroatoms. The van der Waals surface area contributed by atoms with Crippen LogP contribution in [0.4, 0.5) is 0 Å². The molecule has 0 saturated heterocycles. The van der Waals surface area contributed by atoms with Crippen LogP contribution in [0.1, 0.15) is 25.7 Å². The fourth-order valence-electron chi connectivity index (χ4n) is 2.71. The molecule has 124 valence electrons. The van der Waals surface area contributed by atoms with Gasteiger partial charge in [0.1, 0.15) is 10.6 Å². The lowest BCUT2D eigenvalue weighted by atomic mass is 9.93. The molecule has 0 radical (unpaired) electrons. The van der Waals surface area contributed by atoms with Crippen LogP contribution in [-0.4, -0.2) is 44.1 Å². The van der Waals surface area contributed by atoms with E-state index in [0.29, 0.717) is 18.6 Å². The highest BCUT2D eigenvalue weighted by Gasteiger charge is 2.35. The molecule has 2 atom stereocenters. The molecule has 0 heterocycles. The Kier molecular flexibility index (Phi) is 5.61. The fraction of sp³-hybridized carbons (Fsp3) is 0.571. The number of hydrogen-bond donors (Lipinski definition) is 1. The van der Waals surface area contributed by atoms with Crippen molar-refractivity contribution in [3.8, 4) is 5.75 Å². The maximum Gasteiger partial charge on any atom is 0.244 e. The monoisotopic (exact) mass is 367 g/mol. The van der Waals surface area contributed by atoms with Gasteiger partial charge in [-0.05, 0) is 18.9 Å². The number of sulfonamides is 1. The number of aliphatic hydroxyl groups excluding tert-OH is 1. The van der Waals surface area contributed by atoms with Gasteiger partial charge in [0.05, 0.1) is 29.3 Å². The van der Waals surface area contributed by atoms with Crippen LogP contribution < -0.4 is 4.74 Å². The summed E-state index contributed by atoms with van der Waals surface area (Å²) in [5.41, 5.74) is 0. The third-order valence-corrected chi connectivity index (χ3v) is 6.67. The first-order chi connectivity index (χ1) is 10.3. The minimum Gasteiger partial charge on any atom is -0.495 e. The second-order valence-electron chi connectivity index (χ2n) is 5.36. The first kappa shape index (κ1) is 17.8. The van der Waals surface area contributed by atoms with Crippen molar-refractivity contribution in [2.45, 2.75) is 42.7 Å². The normalized spacial score (nSPS) is 22.8. The smallest absolute Gasteiger partial charge is 0.244 e. The van der Waals surface area contributed by atoms with E-state index in [1.165, 1.54) is 30.6 Å². The van der Waals surface area contributed by atoms with E-state index in [9.17, 15) is 13.5 Å². The van der Waals surface area contributed by atoms with E-state index >= 15 is 0 Å². The number of methoxy groups -OCH3 is 1. The molecule has 2 rings (SSSR count). The number of rotatable bonds is 4. The molecule has 0 aromatic heterocycles. The van der Waals surface area contributed by atoms with Crippen molar-refractivity contribution >= 4 is 33.2 Å². The summed E-state index contributed by atoms with van der Waals surface area (Å²) in [6.07, 6.45) is 2.35. The van der Waals surface area contributed by atoms with Gasteiger partial charge in [0, 0.05) is 13.1 Å². The third-order valence-electron chi connectivity index (χ3n) is 4.02. The molecule has 1 aromatic carbocycles. The van der Waals surface area contributed by atoms with Crippen LogP contribution in [0.2, 0.25) is 10.0 Å². The average molecular weight is 368 g/mol. The molecule has 0 unspecified atom stereocenters. The predicted molar refractivity (Wildman–Crippen MR) is 86.2 cm³/mol. The van der Waals surface area contributed by atoms with Crippen LogP contribution in [0, 0.1) is 0 Å². The Bertz CT molecular complexity index is 650. The number of hydrogen-bond acceptors (Lipinski definition) is 4. The largest absolute Gasteiger partial charge is 0.495 e. The average Bonchev–Trinajstić information content (AvgIpc) is 2.48. The first-order valence-electron chi connectivity index (χ1n) is 6.98. The van der Waals surface area contributed by atoms with Crippen LogP contribution in [0.15, 0.2) is 17.0 Å². The zero-order valence-corrected chi connectivity index (χ0v) is 14.7. The van der Waals surface area contributed by atoms with Crippen LogP contribution in [0.3, 0.4) is 0 Å². The van der Waals surface area contributed by atoms with Crippen molar-refractivity contribution in [2.75, 3.05) is 14.2 Å².